The lowest BCUT2D eigenvalue weighted by atomic mass is 10.1. The van der Waals surface area contributed by atoms with E-state index in [1.165, 1.54) is 12.1 Å². The summed E-state index contributed by atoms with van der Waals surface area (Å²) in [5.74, 6) is 0.805. The summed E-state index contributed by atoms with van der Waals surface area (Å²) in [4.78, 5) is 0. The van der Waals surface area contributed by atoms with Gasteiger partial charge in [0.15, 0.2) is 0 Å². The van der Waals surface area contributed by atoms with Crippen LogP contribution in [0.2, 0.25) is 0 Å². The minimum Gasteiger partial charge on any atom is -0.420 e. The lowest BCUT2D eigenvalue weighted by molar-refractivity contribution is 0.518. The fourth-order valence-corrected chi connectivity index (χ4v) is 2.23. The van der Waals surface area contributed by atoms with Gasteiger partial charge in [0.2, 0.25) is 11.8 Å². The van der Waals surface area contributed by atoms with E-state index in [4.69, 9.17) is 4.42 Å². The molecule has 0 fully saturated rings. The molecule has 0 saturated carbocycles. The summed E-state index contributed by atoms with van der Waals surface area (Å²) in [6.07, 6.45) is 0.511. The topological polar surface area (TPSA) is 38.9 Å². The van der Waals surface area contributed by atoms with Crippen molar-refractivity contribution in [2.75, 3.05) is 0 Å². The van der Waals surface area contributed by atoms with E-state index in [9.17, 15) is 4.39 Å². The minimum atomic E-state index is -0.247. The number of aromatic nitrogens is 2. The Bertz CT molecular complexity index is 631. The van der Waals surface area contributed by atoms with Gasteiger partial charge in [0.25, 0.3) is 0 Å². The monoisotopic (exact) mass is 260 g/mol. The summed E-state index contributed by atoms with van der Waals surface area (Å²) in [6, 6.07) is 8.20. The van der Waals surface area contributed by atoms with E-state index in [-0.39, 0.29) is 5.82 Å². The van der Waals surface area contributed by atoms with Gasteiger partial charge in [0, 0.05) is 10.9 Å². The van der Waals surface area contributed by atoms with Crippen molar-refractivity contribution in [2.45, 2.75) is 6.42 Å². The van der Waals surface area contributed by atoms with Gasteiger partial charge < -0.3 is 4.42 Å². The zero-order chi connectivity index (χ0) is 12.4. The molecular weight excluding hydrogens is 251 g/mol. The van der Waals surface area contributed by atoms with Crippen molar-refractivity contribution in [1.82, 2.24) is 10.2 Å². The van der Waals surface area contributed by atoms with Crippen LogP contribution in [0.1, 0.15) is 11.5 Å². The molecule has 0 radical (unpaired) electrons. The molecule has 0 amide bonds. The fraction of sp³-hybridized carbons (Fsp3) is 0.0769. The minimum absolute atomic E-state index is 0.247. The van der Waals surface area contributed by atoms with E-state index in [1.54, 1.807) is 23.5 Å². The van der Waals surface area contributed by atoms with Crippen molar-refractivity contribution >= 4 is 11.3 Å². The lowest BCUT2D eigenvalue weighted by Gasteiger charge is -1.95. The Morgan fingerprint density at radius 3 is 2.67 bits per heavy atom. The van der Waals surface area contributed by atoms with Crippen LogP contribution in [0.25, 0.3) is 11.5 Å². The first-order valence-corrected chi connectivity index (χ1v) is 6.35. The molecule has 0 bridgehead atoms. The third-order valence-corrected chi connectivity index (χ3v) is 3.19. The van der Waals surface area contributed by atoms with Gasteiger partial charge in [0.1, 0.15) is 5.82 Å². The fourth-order valence-electron chi connectivity index (χ4n) is 1.60. The number of halogens is 1. The molecule has 0 N–H and O–H groups in total. The number of benzene rings is 1. The van der Waals surface area contributed by atoms with Crippen molar-refractivity contribution in [2.24, 2.45) is 0 Å². The molecule has 3 rings (SSSR count). The standard InChI is InChI=1S/C13H9FN2OS/c14-11-3-1-9(2-4-11)7-12-15-16-13(17-12)10-5-6-18-8-10/h1-6,8H,7H2. The maximum absolute atomic E-state index is 12.8. The van der Waals surface area contributed by atoms with Gasteiger partial charge in [0.05, 0.1) is 6.42 Å². The molecule has 3 aromatic rings. The Morgan fingerprint density at radius 2 is 1.94 bits per heavy atom. The Labute approximate surface area is 107 Å². The van der Waals surface area contributed by atoms with Gasteiger partial charge in [-0.1, -0.05) is 12.1 Å². The van der Waals surface area contributed by atoms with Crippen LogP contribution < -0.4 is 0 Å². The first-order valence-electron chi connectivity index (χ1n) is 5.41. The third kappa shape index (κ3) is 2.31. The Morgan fingerprint density at radius 1 is 1.11 bits per heavy atom. The zero-order valence-electron chi connectivity index (χ0n) is 9.34. The second kappa shape index (κ2) is 4.70. The molecule has 1 aromatic carbocycles. The van der Waals surface area contributed by atoms with Crippen LogP contribution in [0.15, 0.2) is 45.5 Å². The van der Waals surface area contributed by atoms with Crippen LogP contribution in [0.4, 0.5) is 4.39 Å². The Balaban J connectivity index is 1.80. The highest BCUT2D eigenvalue weighted by molar-refractivity contribution is 7.08. The van der Waals surface area contributed by atoms with Crippen LogP contribution in [0.3, 0.4) is 0 Å². The zero-order valence-corrected chi connectivity index (χ0v) is 10.2. The average Bonchev–Trinajstić information content (AvgIpc) is 3.02. The van der Waals surface area contributed by atoms with Crippen LogP contribution >= 0.6 is 11.3 Å². The molecule has 0 spiro atoms. The van der Waals surface area contributed by atoms with E-state index in [0.717, 1.165) is 11.1 Å². The van der Waals surface area contributed by atoms with Gasteiger partial charge in [-0.2, -0.15) is 11.3 Å². The Hall–Kier alpha value is -2.01. The smallest absolute Gasteiger partial charge is 0.248 e. The normalized spacial score (nSPS) is 10.7. The van der Waals surface area contributed by atoms with E-state index in [0.29, 0.717) is 18.2 Å². The number of rotatable bonds is 3. The molecule has 0 saturated heterocycles. The van der Waals surface area contributed by atoms with Crippen LogP contribution in [-0.2, 0) is 6.42 Å². The van der Waals surface area contributed by atoms with Gasteiger partial charge in [-0.05, 0) is 29.1 Å². The average molecular weight is 260 g/mol. The number of thiophene rings is 1. The molecule has 18 heavy (non-hydrogen) atoms. The molecule has 90 valence electrons. The predicted molar refractivity (Wildman–Crippen MR) is 66.8 cm³/mol. The molecule has 0 atom stereocenters. The van der Waals surface area contributed by atoms with Crippen LogP contribution in [0.5, 0.6) is 0 Å². The van der Waals surface area contributed by atoms with E-state index in [2.05, 4.69) is 10.2 Å². The largest absolute Gasteiger partial charge is 0.420 e. The number of hydrogen-bond donors (Lipinski definition) is 0. The summed E-state index contributed by atoms with van der Waals surface area (Å²) < 4.78 is 18.3. The summed E-state index contributed by atoms with van der Waals surface area (Å²) in [5.41, 5.74) is 1.87. The molecule has 0 unspecified atom stereocenters. The highest BCUT2D eigenvalue weighted by Gasteiger charge is 2.09. The summed E-state index contributed by atoms with van der Waals surface area (Å²) in [5, 5.41) is 11.9. The van der Waals surface area contributed by atoms with Crippen molar-refractivity contribution in [1.29, 1.82) is 0 Å². The number of nitrogens with zero attached hydrogens (tertiary/aromatic N) is 2. The molecule has 5 heteroatoms. The van der Waals surface area contributed by atoms with Crippen molar-refractivity contribution in [3.8, 4) is 11.5 Å². The van der Waals surface area contributed by atoms with Gasteiger partial charge >= 0.3 is 0 Å². The second-order valence-electron chi connectivity index (χ2n) is 3.82. The first kappa shape index (κ1) is 11.1. The SMILES string of the molecule is Fc1ccc(Cc2nnc(-c3ccsc3)o2)cc1. The maximum Gasteiger partial charge on any atom is 0.248 e. The molecular formula is C13H9FN2OS. The second-order valence-corrected chi connectivity index (χ2v) is 4.60. The van der Waals surface area contributed by atoms with E-state index < -0.39 is 0 Å². The molecule has 0 aliphatic carbocycles. The van der Waals surface area contributed by atoms with E-state index in [1.807, 2.05) is 16.8 Å². The predicted octanol–water partition coefficient (Wildman–Crippen LogP) is 3.53. The third-order valence-electron chi connectivity index (χ3n) is 2.50. The van der Waals surface area contributed by atoms with Crippen molar-refractivity contribution in [3.63, 3.8) is 0 Å². The molecule has 3 nitrogen and oxygen atoms in total. The highest BCUT2D eigenvalue weighted by Crippen LogP contribution is 2.21. The van der Waals surface area contributed by atoms with Crippen molar-refractivity contribution in [3.05, 3.63) is 58.4 Å². The van der Waals surface area contributed by atoms with Crippen LogP contribution in [-0.4, -0.2) is 10.2 Å². The van der Waals surface area contributed by atoms with Gasteiger partial charge in [-0.25, -0.2) is 4.39 Å². The highest BCUT2D eigenvalue weighted by atomic mass is 32.1. The van der Waals surface area contributed by atoms with Gasteiger partial charge in [-0.15, -0.1) is 10.2 Å². The Kier molecular flexibility index (Phi) is 2.90. The van der Waals surface area contributed by atoms with Gasteiger partial charge in [-0.3, -0.25) is 0 Å². The summed E-state index contributed by atoms with van der Waals surface area (Å²) in [7, 11) is 0. The molecule has 0 aliphatic rings. The van der Waals surface area contributed by atoms with Crippen LogP contribution in [0, 0.1) is 5.82 Å². The maximum atomic E-state index is 12.8. The molecule has 0 aliphatic heterocycles. The van der Waals surface area contributed by atoms with Crippen molar-refractivity contribution < 1.29 is 8.81 Å². The summed E-state index contributed by atoms with van der Waals surface area (Å²) >= 11 is 1.58. The molecule has 2 aromatic heterocycles. The summed E-state index contributed by atoms with van der Waals surface area (Å²) in [6.45, 7) is 0. The first-order chi connectivity index (χ1) is 8.81. The molecule has 2 heterocycles. The number of hydrogen-bond acceptors (Lipinski definition) is 4. The quantitative estimate of drug-likeness (QED) is 0.723. The lowest BCUT2D eigenvalue weighted by Crippen LogP contribution is -1.88. The van der Waals surface area contributed by atoms with E-state index >= 15 is 0 Å².